The number of nitrogens with zero attached hydrogens (tertiary/aromatic N) is 3. The molecule has 7 nitrogen and oxygen atoms in total. The summed E-state index contributed by atoms with van der Waals surface area (Å²) in [5.41, 5.74) is 1.96. The number of hydrogen-bond donors (Lipinski definition) is 1. The van der Waals surface area contributed by atoms with Crippen LogP contribution in [0.2, 0.25) is 0 Å². The summed E-state index contributed by atoms with van der Waals surface area (Å²) in [5, 5.41) is 6.98. The molecule has 0 saturated carbocycles. The molecule has 1 aliphatic rings. The van der Waals surface area contributed by atoms with Crippen molar-refractivity contribution in [2.75, 3.05) is 11.9 Å². The lowest BCUT2D eigenvalue weighted by molar-refractivity contribution is -0.117. The predicted octanol–water partition coefficient (Wildman–Crippen LogP) is 3.95. The van der Waals surface area contributed by atoms with Crippen LogP contribution in [-0.4, -0.2) is 27.3 Å². The topological polar surface area (TPSA) is 78.3 Å². The Morgan fingerprint density at radius 2 is 2.07 bits per heavy atom. The molecule has 1 amide bonds. The Labute approximate surface area is 170 Å². The predicted molar refractivity (Wildman–Crippen MR) is 107 cm³/mol. The zero-order chi connectivity index (χ0) is 19.5. The molecule has 1 N–H and O–H groups in total. The fourth-order valence-electron chi connectivity index (χ4n) is 3.18. The highest BCUT2D eigenvalue weighted by Crippen LogP contribution is 2.41. The Hall–Kier alpha value is -2.87. The number of carbonyl (C=O) groups is 1. The van der Waals surface area contributed by atoms with E-state index in [1.807, 2.05) is 49.4 Å². The van der Waals surface area contributed by atoms with Crippen molar-refractivity contribution in [3.8, 4) is 11.5 Å². The van der Waals surface area contributed by atoms with Crippen LogP contribution in [0.4, 0.5) is 5.95 Å². The van der Waals surface area contributed by atoms with Crippen LogP contribution in [0.1, 0.15) is 30.5 Å². The lowest BCUT2D eigenvalue weighted by Gasteiger charge is -2.25. The number of anilines is 1. The first-order valence-corrected chi connectivity index (χ1v) is 9.77. The third kappa shape index (κ3) is 3.73. The van der Waals surface area contributed by atoms with Crippen LogP contribution in [0.5, 0.6) is 11.5 Å². The van der Waals surface area contributed by atoms with Gasteiger partial charge in [0.1, 0.15) is 12.9 Å². The van der Waals surface area contributed by atoms with E-state index in [-0.39, 0.29) is 18.4 Å². The normalized spacial score (nSPS) is 15.6. The van der Waals surface area contributed by atoms with E-state index in [0.717, 1.165) is 15.6 Å². The number of amides is 1. The molecule has 1 unspecified atom stereocenters. The Morgan fingerprint density at radius 1 is 1.25 bits per heavy atom. The van der Waals surface area contributed by atoms with Gasteiger partial charge in [0.05, 0.1) is 23.5 Å². The number of hydrogen-bond acceptors (Lipinski definition) is 5. The molecule has 1 aliphatic heterocycles. The summed E-state index contributed by atoms with van der Waals surface area (Å²) in [4.78, 5) is 16.2. The van der Waals surface area contributed by atoms with Crippen molar-refractivity contribution in [2.45, 2.75) is 26.0 Å². The van der Waals surface area contributed by atoms with E-state index in [2.05, 4.69) is 31.3 Å². The van der Waals surface area contributed by atoms with E-state index >= 15 is 0 Å². The molecule has 28 heavy (non-hydrogen) atoms. The van der Waals surface area contributed by atoms with Crippen molar-refractivity contribution in [2.24, 2.45) is 0 Å². The minimum absolute atomic E-state index is 0.0935. The zero-order valence-corrected chi connectivity index (χ0v) is 16.8. The van der Waals surface area contributed by atoms with Crippen LogP contribution in [0, 0.1) is 0 Å². The quantitative estimate of drug-likeness (QED) is 0.624. The lowest BCUT2D eigenvalue weighted by Crippen LogP contribution is -2.29. The number of rotatable bonds is 6. The highest BCUT2D eigenvalue weighted by atomic mass is 79.9. The van der Waals surface area contributed by atoms with Crippen LogP contribution >= 0.6 is 15.9 Å². The Morgan fingerprint density at radius 3 is 2.86 bits per heavy atom. The molecule has 0 bridgehead atoms. The van der Waals surface area contributed by atoms with E-state index in [9.17, 15) is 4.79 Å². The van der Waals surface area contributed by atoms with E-state index in [0.29, 0.717) is 30.7 Å². The smallest absolute Gasteiger partial charge is 0.229 e. The molecule has 0 radical (unpaired) electrons. The summed E-state index contributed by atoms with van der Waals surface area (Å²) in [7, 11) is 0. The molecule has 0 aliphatic carbocycles. The van der Waals surface area contributed by atoms with E-state index in [1.54, 1.807) is 4.68 Å². The molecule has 1 aromatic heterocycles. The number of benzene rings is 2. The van der Waals surface area contributed by atoms with Crippen LogP contribution in [0.25, 0.3) is 0 Å². The average molecular weight is 443 g/mol. The Bertz CT molecular complexity index is 990. The first-order chi connectivity index (χ1) is 13.7. The van der Waals surface area contributed by atoms with Gasteiger partial charge < -0.3 is 9.47 Å². The first-order valence-electron chi connectivity index (χ1n) is 8.98. The van der Waals surface area contributed by atoms with Crippen LogP contribution in [-0.2, 0) is 11.4 Å². The molecule has 144 valence electrons. The van der Waals surface area contributed by atoms with Crippen molar-refractivity contribution < 1.29 is 14.3 Å². The monoisotopic (exact) mass is 442 g/mol. The molecule has 4 rings (SSSR count). The number of carbonyl (C=O) groups excluding carboxylic acids is 1. The Balaban J connectivity index is 1.66. The van der Waals surface area contributed by atoms with Crippen molar-refractivity contribution in [3.05, 3.63) is 64.4 Å². The molecule has 0 spiro atoms. The van der Waals surface area contributed by atoms with Gasteiger partial charge in [-0.2, -0.15) is 10.1 Å². The highest BCUT2D eigenvalue weighted by molar-refractivity contribution is 9.10. The molecule has 0 saturated heterocycles. The average Bonchev–Trinajstić information content (AvgIpc) is 3.16. The fourth-order valence-corrected chi connectivity index (χ4v) is 3.75. The third-order valence-corrected chi connectivity index (χ3v) is 5.03. The van der Waals surface area contributed by atoms with Gasteiger partial charge in [0.15, 0.2) is 11.5 Å². The summed E-state index contributed by atoms with van der Waals surface area (Å²) in [5.74, 6) is 1.60. The number of halogens is 1. The SMILES string of the molecule is CCOc1cc(C2CC(=O)Nc3ncnn32)cc(Br)c1OCc1ccccc1. The standard InChI is InChI=1S/C20H19BrN4O3/c1-2-27-17-9-14(16-10-18(26)24-20-22-12-23-25(16)20)8-15(21)19(17)28-11-13-6-4-3-5-7-13/h3-9,12,16H,2,10-11H2,1H3,(H,22,23,24,26). The van der Waals surface area contributed by atoms with E-state index in [4.69, 9.17) is 9.47 Å². The summed E-state index contributed by atoms with van der Waals surface area (Å²) < 4.78 is 14.3. The minimum Gasteiger partial charge on any atom is -0.490 e. The number of ether oxygens (including phenoxy) is 2. The molecule has 0 fully saturated rings. The molecule has 1 atom stereocenters. The van der Waals surface area contributed by atoms with Gasteiger partial charge in [-0.3, -0.25) is 10.1 Å². The first kappa shape index (κ1) is 18.5. The van der Waals surface area contributed by atoms with Crippen molar-refractivity contribution in [1.82, 2.24) is 14.8 Å². The van der Waals surface area contributed by atoms with E-state index < -0.39 is 0 Å². The molecular weight excluding hydrogens is 424 g/mol. The number of nitrogens with one attached hydrogen (secondary N) is 1. The second-order valence-electron chi connectivity index (χ2n) is 6.33. The van der Waals surface area contributed by atoms with Crippen LogP contribution < -0.4 is 14.8 Å². The summed E-state index contributed by atoms with van der Waals surface area (Å²) in [6, 6.07) is 13.5. The van der Waals surface area contributed by atoms with E-state index in [1.165, 1.54) is 6.33 Å². The number of aromatic nitrogens is 3. The summed E-state index contributed by atoms with van der Waals surface area (Å²) >= 11 is 3.60. The van der Waals surface area contributed by atoms with Gasteiger partial charge in [0, 0.05) is 0 Å². The zero-order valence-electron chi connectivity index (χ0n) is 15.3. The molecule has 2 aromatic carbocycles. The maximum Gasteiger partial charge on any atom is 0.229 e. The van der Waals surface area contributed by atoms with Gasteiger partial charge in [-0.05, 0) is 46.1 Å². The number of fused-ring (bicyclic) bond motifs is 1. The lowest BCUT2D eigenvalue weighted by atomic mass is 10.0. The van der Waals surface area contributed by atoms with Crippen LogP contribution in [0.15, 0.2) is 53.3 Å². The highest BCUT2D eigenvalue weighted by Gasteiger charge is 2.29. The van der Waals surface area contributed by atoms with Gasteiger partial charge in [0.25, 0.3) is 0 Å². The Kier molecular flexibility index (Phi) is 5.29. The maximum absolute atomic E-state index is 12.1. The van der Waals surface area contributed by atoms with Crippen molar-refractivity contribution in [1.29, 1.82) is 0 Å². The van der Waals surface area contributed by atoms with Gasteiger partial charge in [-0.1, -0.05) is 30.3 Å². The molecule has 3 aromatic rings. The summed E-state index contributed by atoms with van der Waals surface area (Å²) in [6.07, 6.45) is 1.71. The molecular formula is C20H19BrN4O3. The van der Waals surface area contributed by atoms with Gasteiger partial charge in [-0.15, -0.1) is 0 Å². The minimum atomic E-state index is -0.259. The van der Waals surface area contributed by atoms with Crippen molar-refractivity contribution >= 4 is 27.8 Å². The van der Waals surface area contributed by atoms with Crippen molar-refractivity contribution in [3.63, 3.8) is 0 Å². The third-order valence-electron chi connectivity index (χ3n) is 4.44. The van der Waals surface area contributed by atoms with Gasteiger partial charge in [-0.25, -0.2) is 4.68 Å². The largest absolute Gasteiger partial charge is 0.490 e. The van der Waals surface area contributed by atoms with Gasteiger partial charge in [0.2, 0.25) is 11.9 Å². The fraction of sp³-hybridized carbons (Fsp3) is 0.250. The van der Waals surface area contributed by atoms with Gasteiger partial charge >= 0.3 is 0 Å². The maximum atomic E-state index is 12.1. The molecule has 2 heterocycles. The molecule has 8 heteroatoms. The second-order valence-corrected chi connectivity index (χ2v) is 7.19. The summed E-state index contributed by atoms with van der Waals surface area (Å²) in [6.45, 7) is 2.85. The van der Waals surface area contributed by atoms with Crippen LogP contribution in [0.3, 0.4) is 0 Å². The second kappa shape index (κ2) is 8.02.